The van der Waals surface area contributed by atoms with Crippen LogP contribution in [0.1, 0.15) is 49.8 Å². The van der Waals surface area contributed by atoms with Gasteiger partial charge < -0.3 is 19.8 Å². The molecule has 2 amide bonds. The van der Waals surface area contributed by atoms with Gasteiger partial charge in [-0.05, 0) is 53.9 Å². The first kappa shape index (κ1) is 29.6. The zero-order chi connectivity index (χ0) is 29.7. The Morgan fingerprint density at radius 1 is 0.976 bits per heavy atom. The van der Waals surface area contributed by atoms with Crippen molar-refractivity contribution in [2.24, 2.45) is 5.92 Å². The standard InChI is InChI=1S/C26H20F4N2O4.C5H10.2H2/c1-31-24(33)16-5-3-4-15(10-16)18-11-19-21(12-20(18)35-13-26(28,29)30)36-23(22(19)25(34)32-2)14-6-8-17(27)9-7-14;1-5-3-2-4-5;;/h3-12H,13H2,1-2H3,(H,31,33)(H,32,34);5H,2-4H2,1H3;2*1H. The molecule has 1 fully saturated rings. The lowest BCUT2D eigenvalue weighted by atomic mass is 9.88. The third-order valence-electron chi connectivity index (χ3n) is 6.80. The van der Waals surface area contributed by atoms with Gasteiger partial charge in [0.15, 0.2) is 6.61 Å². The molecule has 0 bridgehead atoms. The van der Waals surface area contributed by atoms with Crippen LogP contribution in [-0.4, -0.2) is 38.7 Å². The van der Waals surface area contributed by atoms with Crippen molar-refractivity contribution >= 4 is 22.8 Å². The van der Waals surface area contributed by atoms with Crippen LogP contribution in [0.15, 0.2) is 65.1 Å². The maximum absolute atomic E-state index is 13.5. The largest absolute Gasteiger partial charge is 0.483 e. The van der Waals surface area contributed by atoms with E-state index in [0.717, 1.165) is 5.92 Å². The quantitative estimate of drug-likeness (QED) is 0.230. The Kier molecular flexibility index (Phi) is 9.00. The van der Waals surface area contributed by atoms with Gasteiger partial charge in [0, 0.05) is 45.1 Å². The minimum absolute atomic E-state index is 0. The highest BCUT2D eigenvalue weighted by Crippen LogP contribution is 2.41. The fraction of sp³-hybridized carbons (Fsp3) is 0.290. The number of benzene rings is 3. The Morgan fingerprint density at radius 2 is 1.63 bits per heavy atom. The first-order valence-electron chi connectivity index (χ1n) is 13.1. The highest BCUT2D eigenvalue weighted by atomic mass is 19.4. The Labute approximate surface area is 237 Å². The number of halogens is 4. The van der Waals surface area contributed by atoms with E-state index in [4.69, 9.17) is 9.15 Å². The zero-order valence-corrected chi connectivity index (χ0v) is 22.8. The van der Waals surface area contributed by atoms with Crippen LogP contribution >= 0.6 is 0 Å². The van der Waals surface area contributed by atoms with E-state index >= 15 is 0 Å². The summed E-state index contributed by atoms with van der Waals surface area (Å²) >= 11 is 0. The van der Waals surface area contributed by atoms with Gasteiger partial charge in [-0.3, -0.25) is 9.59 Å². The highest BCUT2D eigenvalue weighted by Gasteiger charge is 2.30. The molecule has 0 radical (unpaired) electrons. The van der Waals surface area contributed by atoms with Crippen molar-refractivity contribution < 1.29 is 39.2 Å². The number of hydrogen-bond donors (Lipinski definition) is 2. The van der Waals surface area contributed by atoms with Crippen LogP contribution in [0.25, 0.3) is 33.4 Å². The van der Waals surface area contributed by atoms with Crippen LogP contribution in [0, 0.1) is 11.7 Å². The maximum Gasteiger partial charge on any atom is 0.422 e. The van der Waals surface area contributed by atoms with E-state index in [2.05, 4.69) is 17.6 Å². The van der Waals surface area contributed by atoms with Crippen LogP contribution in [0.4, 0.5) is 17.6 Å². The fourth-order valence-corrected chi connectivity index (χ4v) is 4.37. The molecule has 1 aliphatic rings. The lowest BCUT2D eigenvalue weighted by Crippen LogP contribution is -2.19. The Balaban J connectivity index is 0.000000836. The fourth-order valence-electron chi connectivity index (χ4n) is 4.37. The number of nitrogens with one attached hydrogen (secondary N) is 2. The number of hydrogen-bond acceptors (Lipinski definition) is 4. The van der Waals surface area contributed by atoms with E-state index in [1.54, 1.807) is 18.2 Å². The van der Waals surface area contributed by atoms with Crippen LogP contribution in [-0.2, 0) is 0 Å². The number of furan rings is 1. The summed E-state index contributed by atoms with van der Waals surface area (Å²) in [5.74, 6) is -0.364. The molecule has 3 aromatic carbocycles. The van der Waals surface area contributed by atoms with Gasteiger partial charge in [0.25, 0.3) is 11.8 Å². The van der Waals surface area contributed by atoms with Crippen LogP contribution < -0.4 is 15.4 Å². The SMILES string of the molecule is CC1CCC1.CNC(=O)c1cccc(-c2cc3c(C(=O)NC)c(-c4ccc(F)cc4)oc3cc2OCC(F)(F)F)c1.[HH].[HH]. The molecule has 1 aliphatic carbocycles. The molecule has 1 aromatic heterocycles. The number of rotatable bonds is 6. The van der Waals surface area contributed by atoms with E-state index in [1.807, 2.05) is 0 Å². The molecule has 220 valence electrons. The van der Waals surface area contributed by atoms with E-state index in [9.17, 15) is 27.2 Å². The lowest BCUT2D eigenvalue weighted by Gasteiger charge is -2.18. The van der Waals surface area contributed by atoms with E-state index in [1.165, 1.54) is 75.8 Å². The Hall–Kier alpha value is -4.34. The summed E-state index contributed by atoms with van der Waals surface area (Å²) in [6.07, 6.45) is -0.146. The van der Waals surface area contributed by atoms with Crippen molar-refractivity contribution in [2.75, 3.05) is 20.7 Å². The molecule has 1 heterocycles. The van der Waals surface area contributed by atoms with Gasteiger partial charge in [-0.2, -0.15) is 13.2 Å². The summed E-state index contributed by atoms with van der Waals surface area (Å²) in [5, 5.41) is 5.32. The third-order valence-corrected chi connectivity index (χ3v) is 6.80. The smallest absolute Gasteiger partial charge is 0.422 e. The van der Waals surface area contributed by atoms with Crippen molar-refractivity contribution in [3.8, 4) is 28.2 Å². The molecule has 6 nitrogen and oxygen atoms in total. The average molecular weight is 575 g/mol. The maximum atomic E-state index is 13.5. The summed E-state index contributed by atoms with van der Waals surface area (Å²) in [7, 11) is 2.88. The number of fused-ring (bicyclic) bond motifs is 1. The number of amides is 2. The second kappa shape index (κ2) is 12.4. The van der Waals surface area contributed by atoms with Gasteiger partial charge in [-0.15, -0.1) is 0 Å². The predicted octanol–water partition coefficient (Wildman–Crippen LogP) is 7.86. The van der Waals surface area contributed by atoms with Crippen molar-refractivity contribution in [1.29, 1.82) is 0 Å². The van der Waals surface area contributed by atoms with E-state index < -0.39 is 24.5 Å². The predicted molar refractivity (Wildman–Crippen MR) is 153 cm³/mol. The Morgan fingerprint density at radius 3 is 2.20 bits per heavy atom. The normalized spacial score (nSPS) is 13.1. The second-order valence-corrected chi connectivity index (χ2v) is 9.84. The van der Waals surface area contributed by atoms with E-state index in [0.29, 0.717) is 16.5 Å². The van der Waals surface area contributed by atoms with Gasteiger partial charge in [-0.1, -0.05) is 38.3 Å². The van der Waals surface area contributed by atoms with Crippen molar-refractivity contribution in [3.63, 3.8) is 0 Å². The van der Waals surface area contributed by atoms with Crippen molar-refractivity contribution in [3.05, 3.63) is 77.6 Å². The zero-order valence-electron chi connectivity index (χ0n) is 22.8. The van der Waals surface area contributed by atoms with Crippen molar-refractivity contribution in [2.45, 2.75) is 32.4 Å². The number of carbonyl (C=O) groups excluding carboxylic acids is 2. The third kappa shape index (κ3) is 7.06. The first-order valence-corrected chi connectivity index (χ1v) is 13.1. The topological polar surface area (TPSA) is 80.6 Å². The highest BCUT2D eigenvalue weighted by molar-refractivity contribution is 6.12. The summed E-state index contributed by atoms with van der Waals surface area (Å²) < 4.78 is 63.5. The molecule has 0 unspecified atom stereocenters. The molecule has 4 aromatic rings. The molecular weight excluding hydrogens is 540 g/mol. The van der Waals surface area contributed by atoms with E-state index in [-0.39, 0.29) is 42.5 Å². The summed E-state index contributed by atoms with van der Waals surface area (Å²) in [6, 6.07) is 14.2. The number of carbonyl (C=O) groups is 2. The van der Waals surface area contributed by atoms with Crippen LogP contribution in [0.2, 0.25) is 0 Å². The molecule has 41 heavy (non-hydrogen) atoms. The molecule has 0 atom stereocenters. The summed E-state index contributed by atoms with van der Waals surface area (Å²) in [4.78, 5) is 25.0. The van der Waals surface area contributed by atoms with Gasteiger partial charge in [0.2, 0.25) is 0 Å². The van der Waals surface area contributed by atoms with Gasteiger partial charge in [0.1, 0.15) is 22.9 Å². The van der Waals surface area contributed by atoms with Gasteiger partial charge >= 0.3 is 6.18 Å². The molecule has 1 saturated carbocycles. The van der Waals surface area contributed by atoms with Crippen molar-refractivity contribution in [1.82, 2.24) is 10.6 Å². The molecule has 0 spiro atoms. The molecule has 5 rings (SSSR count). The van der Waals surface area contributed by atoms with Crippen LogP contribution in [0.3, 0.4) is 0 Å². The number of ether oxygens (including phenoxy) is 1. The molecule has 0 saturated heterocycles. The number of alkyl halides is 3. The van der Waals surface area contributed by atoms with Gasteiger partial charge in [-0.25, -0.2) is 4.39 Å². The monoisotopic (exact) mass is 574 g/mol. The minimum Gasteiger partial charge on any atom is -0.483 e. The first-order chi connectivity index (χ1) is 19.5. The summed E-state index contributed by atoms with van der Waals surface area (Å²) in [6.45, 7) is 0.748. The lowest BCUT2D eigenvalue weighted by molar-refractivity contribution is -0.153. The second-order valence-electron chi connectivity index (χ2n) is 9.84. The molecule has 10 heteroatoms. The Bertz CT molecular complexity index is 1550. The van der Waals surface area contributed by atoms with Crippen LogP contribution in [0.5, 0.6) is 5.75 Å². The molecule has 0 aliphatic heterocycles. The summed E-state index contributed by atoms with van der Waals surface area (Å²) in [5.41, 5.74) is 1.49. The molecule has 2 N–H and O–H groups in total. The molecular formula is C31H34F4N2O4. The average Bonchev–Trinajstić information content (AvgIpc) is 3.32. The van der Waals surface area contributed by atoms with Gasteiger partial charge in [0.05, 0.1) is 5.56 Å². The minimum atomic E-state index is -4.61.